The molecule has 6 nitrogen and oxygen atoms in total. The maximum atomic E-state index is 12.6. The number of fused-ring (bicyclic) bond motifs is 2. The maximum absolute atomic E-state index is 12.6. The summed E-state index contributed by atoms with van der Waals surface area (Å²) in [5.74, 6) is 0.219. The maximum Gasteiger partial charge on any atom is 0.260 e. The fourth-order valence-electron chi connectivity index (χ4n) is 3.64. The van der Waals surface area contributed by atoms with E-state index in [9.17, 15) is 9.59 Å². The van der Waals surface area contributed by atoms with Gasteiger partial charge in [0.1, 0.15) is 12.4 Å². The second kappa shape index (κ2) is 7.89. The third-order valence-corrected chi connectivity index (χ3v) is 5.46. The highest BCUT2D eigenvalue weighted by Crippen LogP contribution is 2.42. The van der Waals surface area contributed by atoms with E-state index in [-0.39, 0.29) is 11.8 Å². The first-order valence-electron chi connectivity index (χ1n) is 9.64. The predicted octanol–water partition coefficient (Wildman–Crippen LogP) is 3.97. The Morgan fingerprint density at radius 1 is 1.17 bits per heavy atom. The number of benzene rings is 2. The molecule has 2 aliphatic heterocycles. The summed E-state index contributed by atoms with van der Waals surface area (Å²) >= 11 is 6.14. The lowest BCUT2D eigenvalue weighted by Crippen LogP contribution is -2.32. The number of likely N-dealkylation sites (N-methyl/N-ethyl adjacent to an activating group) is 1. The van der Waals surface area contributed by atoms with E-state index >= 15 is 0 Å². The summed E-state index contributed by atoms with van der Waals surface area (Å²) < 4.78 is 5.89. The van der Waals surface area contributed by atoms with Gasteiger partial charge in [-0.05, 0) is 43.4 Å². The first-order chi connectivity index (χ1) is 14.0. The van der Waals surface area contributed by atoms with Gasteiger partial charge in [0.25, 0.3) is 5.91 Å². The van der Waals surface area contributed by atoms with Crippen LogP contribution in [0.25, 0.3) is 11.3 Å². The number of hydrogen-bond donors (Lipinski definition) is 2. The minimum absolute atomic E-state index is 0.0718. The molecular formula is C22H22ClN3O3. The van der Waals surface area contributed by atoms with E-state index in [1.165, 1.54) is 0 Å². The molecule has 0 fully saturated rings. The highest BCUT2D eigenvalue weighted by Gasteiger charge is 2.32. The first-order valence-corrected chi connectivity index (χ1v) is 10.0. The molecule has 0 bridgehead atoms. The molecule has 0 atom stereocenters. The van der Waals surface area contributed by atoms with Crippen molar-refractivity contribution < 1.29 is 14.3 Å². The Morgan fingerprint density at radius 2 is 1.97 bits per heavy atom. The van der Waals surface area contributed by atoms with Gasteiger partial charge in [-0.15, -0.1) is 0 Å². The van der Waals surface area contributed by atoms with E-state index < -0.39 is 0 Å². The number of carbonyl (C=O) groups is 2. The molecule has 2 N–H and O–H groups in total. The van der Waals surface area contributed by atoms with Crippen LogP contribution in [0.15, 0.2) is 36.4 Å². The third kappa shape index (κ3) is 3.73. The van der Waals surface area contributed by atoms with Crippen molar-refractivity contribution in [3.63, 3.8) is 0 Å². The van der Waals surface area contributed by atoms with Gasteiger partial charge in [0.15, 0.2) is 0 Å². The lowest BCUT2D eigenvalue weighted by atomic mass is 10.00. The SMILES string of the molecule is CCN(CC)CC(=O)Nc1ccc2c(c1)/C(=C1/C(=O)Nc3ccc(Cl)cc31)OC2. The zero-order valence-corrected chi connectivity index (χ0v) is 17.1. The van der Waals surface area contributed by atoms with E-state index in [0.29, 0.717) is 40.9 Å². The molecule has 0 aromatic heterocycles. The molecule has 2 heterocycles. The van der Waals surface area contributed by atoms with Crippen LogP contribution in [-0.2, 0) is 20.9 Å². The number of ether oxygens (including phenoxy) is 1. The molecule has 2 aromatic carbocycles. The van der Waals surface area contributed by atoms with Crippen LogP contribution in [0.5, 0.6) is 0 Å². The van der Waals surface area contributed by atoms with E-state index in [1.54, 1.807) is 18.2 Å². The van der Waals surface area contributed by atoms with Crippen LogP contribution >= 0.6 is 11.6 Å². The second-order valence-corrected chi connectivity index (χ2v) is 7.45. The van der Waals surface area contributed by atoms with Gasteiger partial charge in [-0.3, -0.25) is 14.5 Å². The molecule has 0 radical (unpaired) electrons. The van der Waals surface area contributed by atoms with Crippen LogP contribution in [0.1, 0.15) is 30.5 Å². The van der Waals surface area contributed by atoms with E-state index in [2.05, 4.69) is 10.6 Å². The lowest BCUT2D eigenvalue weighted by Gasteiger charge is -2.17. The van der Waals surface area contributed by atoms with Crippen molar-refractivity contribution in [3.05, 3.63) is 58.1 Å². The molecule has 7 heteroatoms. The van der Waals surface area contributed by atoms with Crippen LogP contribution in [0.4, 0.5) is 11.4 Å². The molecule has 0 aliphatic carbocycles. The summed E-state index contributed by atoms with van der Waals surface area (Å²) in [5, 5.41) is 6.34. The van der Waals surface area contributed by atoms with Crippen LogP contribution in [0.2, 0.25) is 5.02 Å². The number of nitrogens with zero attached hydrogens (tertiary/aromatic N) is 1. The van der Waals surface area contributed by atoms with E-state index in [4.69, 9.17) is 16.3 Å². The summed E-state index contributed by atoms with van der Waals surface area (Å²) in [6.45, 7) is 6.40. The van der Waals surface area contributed by atoms with Crippen LogP contribution in [-0.4, -0.2) is 36.3 Å². The highest BCUT2D eigenvalue weighted by atomic mass is 35.5. The number of halogens is 1. The van der Waals surface area contributed by atoms with Crippen LogP contribution in [0, 0.1) is 0 Å². The fourth-order valence-corrected chi connectivity index (χ4v) is 3.81. The van der Waals surface area contributed by atoms with Gasteiger partial charge in [0.2, 0.25) is 5.91 Å². The number of carbonyl (C=O) groups excluding carboxylic acids is 2. The molecule has 2 amide bonds. The number of rotatable bonds is 5. The van der Waals surface area contributed by atoms with E-state index in [1.807, 2.05) is 36.9 Å². The summed E-state index contributed by atoms with van der Waals surface area (Å²) in [4.78, 5) is 27.0. The molecule has 0 saturated heterocycles. The Hall–Kier alpha value is -2.83. The number of amides is 2. The van der Waals surface area contributed by atoms with Gasteiger partial charge >= 0.3 is 0 Å². The van der Waals surface area contributed by atoms with Crippen molar-refractivity contribution in [1.29, 1.82) is 0 Å². The van der Waals surface area contributed by atoms with Crippen LogP contribution < -0.4 is 10.6 Å². The number of hydrogen-bond acceptors (Lipinski definition) is 4. The predicted molar refractivity (Wildman–Crippen MR) is 115 cm³/mol. The minimum atomic E-state index is -0.221. The zero-order valence-electron chi connectivity index (χ0n) is 16.3. The van der Waals surface area contributed by atoms with Crippen LogP contribution in [0.3, 0.4) is 0 Å². The summed E-state index contributed by atoms with van der Waals surface area (Å²) in [7, 11) is 0. The molecule has 0 saturated carbocycles. The summed E-state index contributed by atoms with van der Waals surface area (Å²) in [6, 6.07) is 10.9. The van der Waals surface area contributed by atoms with E-state index in [0.717, 1.165) is 29.8 Å². The Bertz CT molecular complexity index is 1030. The largest absolute Gasteiger partial charge is 0.487 e. The average molecular weight is 412 g/mol. The molecular weight excluding hydrogens is 390 g/mol. The van der Waals surface area contributed by atoms with Crippen molar-refractivity contribution in [2.24, 2.45) is 0 Å². The van der Waals surface area contributed by atoms with Gasteiger partial charge in [0.05, 0.1) is 12.1 Å². The molecule has 0 unspecified atom stereocenters. The lowest BCUT2D eigenvalue weighted by molar-refractivity contribution is -0.117. The highest BCUT2D eigenvalue weighted by molar-refractivity contribution is 6.38. The molecule has 150 valence electrons. The third-order valence-electron chi connectivity index (χ3n) is 5.23. The molecule has 2 aliphatic rings. The molecule has 4 rings (SSSR count). The fraction of sp³-hybridized carbons (Fsp3) is 0.273. The summed E-state index contributed by atoms with van der Waals surface area (Å²) in [6.07, 6.45) is 0. The topological polar surface area (TPSA) is 70.7 Å². The van der Waals surface area contributed by atoms with Crippen molar-refractivity contribution in [3.8, 4) is 0 Å². The standard InChI is InChI=1S/C22H22ClN3O3/c1-3-26(4-2)11-19(27)24-15-7-5-13-12-29-21(16(13)10-15)20-17-9-14(23)6-8-18(17)25-22(20)28/h5-10H,3-4,11-12H2,1-2H3,(H,24,27)(H,25,28)/b21-20-. The van der Waals surface area contributed by atoms with Gasteiger partial charge in [-0.25, -0.2) is 0 Å². The van der Waals surface area contributed by atoms with Crippen molar-refractivity contribution in [2.45, 2.75) is 20.5 Å². The Morgan fingerprint density at radius 3 is 2.72 bits per heavy atom. The Kier molecular flexibility index (Phi) is 5.30. The molecule has 2 aromatic rings. The Labute approximate surface area is 174 Å². The normalized spacial score (nSPS) is 17.0. The Balaban J connectivity index is 1.67. The molecule has 0 spiro atoms. The monoisotopic (exact) mass is 411 g/mol. The van der Waals surface area contributed by atoms with Gasteiger partial charge in [0, 0.05) is 33.1 Å². The van der Waals surface area contributed by atoms with Crippen molar-refractivity contribution >= 4 is 46.1 Å². The minimum Gasteiger partial charge on any atom is -0.487 e. The van der Waals surface area contributed by atoms with Crippen molar-refractivity contribution in [1.82, 2.24) is 4.90 Å². The quantitative estimate of drug-likeness (QED) is 0.730. The molecule has 29 heavy (non-hydrogen) atoms. The van der Waals surface area contributed by atoms with Crippen molar-refractivity contribution in [2.75, 3.05) is 30.3 Å². The zero-order chi connectivity index (χ0) is 20.5. The second-order valence-electron chi connectivity index (χ2n) is 7.02. The summed E-state index contributed by atoms with van der Waals surface area (Å²) in [5.41, 5.74) is 4.35. The van der Waals surface area contributed by atoms with Gasteiger partial charge in [-0.2, -0.15) is 0 Å². The van der Waals surface area contributed by atoms with Gasteiger partial charge < -0.3 is 15.4 Å². The van der Waals surface area contributed by atoms with Gasteiger partial charge in [-0.1, -0.05) is 31.5 Å². The average Bonchev–Trinajstić information content (AvgIpc) is 3.25. The number of anilines is 2. The smallest absolute Gasteiger partial charge is 0.260 e. The number of nitrogens with one attached hydrogen (secondary N) is 2. The first kappa shape index (κ1) is 19.5.